The van der Waals surface area contributed by atoms with Gasteiger partial charge < -0.3 is 0 Å². The maximum Gasteiger partial charge on any atom is 0.167 e. The third-order valence-electron chi connectivity index (χ3n) is 2.62. The molecule has 2 rings (SSSR count). The molecule has 0 N–H and O–H groups in total. The highest BCUT2D eigenvalue weighted by Gasteiger charge is 2.13. The molecule has 0 fully saturated rings. The van der Waals surface area contributed by atoms with E-state index in [2.05, 4.69) is 0 Å². The van der Waals surface area contributed by atoms with Crippen molar-refractivity contribution in [1.82, 2.24) is 0 Å². The third-order valence-corrected chi connectivity index (χ3v) is 3.35. The van der Waals surface area contributed by atoms with Crippen molar-refractivity contribution in [2.75, 3.05) is 0 Å². The summed E-state index contributed by atoms with van der Waals surface area (Å²) in [4.78, 5) is 12.0. The summed E-state index contributed by atoms with van der Waals surface area (Å²) < 4.78 is 26.5. The Kier molecular flexibility index (Phi) is 4.17. The van der Waals surface area contributed by atoms with Crippen molar-refractivity contribution in [2.24, 2.45) is 0 Å². The molecule has 2 aromatic carbocycles. The lowest BCUT2D eigenvalue weighted by Gasteiger charge is -2.05. The molecule has 0 atom stereocenters. The summed E-state index contributed by atoms with van der Waals surface area (Å²) in [6.45, 7) is 0. The topological polar surface area (TPSA) is 17.1 Å². The summed E-state index contributed by atoms with van der Waals surface area (Å²) in [5.74, 6) is -1.62. The molecule has 0 aromatic heterocycles. The quantitative estimate of drug-likeness (QED) is 0.751. The van der Waals surface area contributed by atoms with Gasteiger partial charge in [-0.2, -0.15) is 0 Å². The zero-order valence-electron chi connectivity index (χ0n) is 9.59. The van der Waals surface area contributed by atoms with E-state index in [1.165, 1.54) is 24.3 Å². The highest BCUT2D eigenvalue weighted by atomic mass is 35.5. The first kappa shape index (κ1) is 14.0. The van der Waals surface area contributed by atoms with Crippen molar-refractivity contribution in [1.29, 1.82) is 0 Å². The van der Waals surface area contributed by atoms with Crippen LogP contribution in [0.5, 0.6) is 0 Å². The van der Waals surface area contributed by atoms with Crippen LogP contribution in [0.15, 0.2) is 36.4 Å². The van der Waals surface area contributed by atoms with Gasteiger partial charge in [0.2, 0.25) is 0 Å². The molecule has 0 unspecified atom stereocenters. The molecule has 1 nitrogen and oxygen atoms in total. The molecular weight excluding hydrogens is 293 g/mol. The van der Waals surface area contributed by atoms with Gasteiger partial charge in [0.1, 0.15) is 11.6 Å². The van der Waals surface area contributed by atoms with Crippen molar-refractivity contribution in [3.05, 3.63) is 69.2 Å². The van der Waals surface area contributed by atoms with Gasteiger partial charge in [0, 0.05) is 12.0 Å². The predicted molar refractivity (Wildman–Crippen MR) is 70.9 cm³/mol. The van der Waals surface area contributed by atoms with Crippen LogP contribution in [0.2, 0.25) is 10.0 Å². The molecule has 0 aliphatic rings. The predicted octanol–water partition coefficient (Wildman–Crippen LogP) is 4.70. The summed E-state index contributed by atoms with van der Waals surface area (Å²) in [5, 5.41) is -0.148. The number of rotatable bonds is 3. The Balaban J connectivity index is 2.26. The fourth-order valence-corrected chi connectivity index (χ4v) is 1.94. The molecule has 0 heterocycles. The Labute approximate surface area is 118 Å². The first-order valence-corrected chi connectivity index (χ1v) is 6.16. The van der Waals surface area contributed by atoms with E-state index in [1.54, 1.807) is 6.07 Å². The van der Waals surface area contributed by atoms with E-state index in [-0.39, 0.29) is 27.8 Å². The zero-order valence-corrected chi connectivity index (χ0v) is 11.1. The van der Waals surface area contributed by atoms with Crippen LogP contribution in [-0.2, 0) is 6.42 Å². The molecule has 0 spiro atoms. The second-order valence-electron chi connectivity index (χ2n) is 3.94. The molecule has 0 aliphatic carbocycles. The van der Waals surface area contributed by atoms with Gasteiger partial charge in [0.15, 0.2) is 5.78 Å². The Morgan fingerprint density at radius 2 is 1.79 bits per heavy atom. The number of hydrogen-bond donors (Lipinski definition) is 0. The van der Waals surface area contributed by atoms with Crippen LogP contribution < -0.4 is 0 Å². The Morgan fingerprint density at radius 1 is 1.05 bits per heavy atom. The van der Waals surface area contributed by atoms with Gasteiger partial charge in [0.05, 0.1) is 10.0 Å². The number of benzene rings is 2. The van der Waals surface area contributed by atoms with E-state index in [0.717, 1.165) is 6.07 Å². The summed E-state index contributed by atoms with van der Waals surface area (Å²) in [6, 6.07) is 8.00. The van der Waals surface area contributed by atoms with E-state index in [1.807, 2.05) is 0 Å². The largest absolute Gasteiger partial charge is 0.294 e. The van der Waals surface area contributed by atoms with Crippen LogP contribution in [0.1, 0.15) is 15.9 Å². The zero-order chi connectivity index (χ0) is 14.0. The smallest absolute Gasteiger partial charge is 0.167 e. The minimum Gasteiger partial charge on any atom is -0.294 e. The SMILES string of the molecule is O=C(Cc1cccc(F)c1Cl)c1ccc(Cl)c(F)c1. The van der Waals surface area contributed by atoms with Gasteiger partial charge in [0.25, 0.3) is 0 Å². The normalized spacial score (nSPS) is 10.5. The summed E-state index contributed by atoms with van der Waals surface area (Å²) in [7, 11) is 0. The van der Waals surface area contributed by atoms with Gasteiger partial charge in [-0.05, 0) is 29.8 Å². The molecule has 0 radical (unpaired) electrons. The first-order chi connectivity index (χ1) is 8.99. The van der Waals surface area contributed by atoms with Crippen molar-refractivity contribution in [2.45, 2.75) is 6.42 Å². The van der Waals surface area contributed by atoms with Gasteiger partial charge in [-0.1, -0.05) is 35.3 Å². The number of ketones is 1. The monoisotopic (exact) mass is 300 g/mol. The molecule has 0 bridgehead atoms. The molecule has 2 aromatic rings. The Bertz CT molecular complexity index is 641. The summed E-state index contributed by atoms with van der Waals surface area (Å²) in [5.41, 5.74) is 0.532. The maximum atomic E-state index is 13.3. The molecule has 0 saturated heterocycles. The molecular formula is C14H8Cl2F2O. The van der Waals surface area contributed by atoms with Crippen molar-refractivity contribution in [3.63, 3.8) is 0 Å². The van der Waals surface area contributed by atoms with Gasteiger partial charge >= 0.3 is 0 Å². The van der Waals surface area contributed by atoms with E-state index < -0.39 is 11.6 Å². The van der Waals surface area contributed by atoms with Crippen molar-refractivity contribution < 1.29 is 13.6 Å². The fourth-order valence-electron chi connectivity index (χ4n) is 1.63. The lowest BCUT2D eigenvalue weighted by molar-refractivity contribution is 0.0992. The van der Waals surface area contributed by atoms with Crippen LogP contribution in [-0.4, -0.2) is 5.78 Å². The van der Waals surface area contributed by atoms with Crippen LogP contribution in [0, 0.1) is 11.6 Å². The van der Waals surface area contributed by atoms with Crippen molar-refractivity contribution >= 4 is 29.0 Å². The highest BCUT2D eigenvalue weighted by Crippen LogP contribution is 2.22. The maximum absolute atomic E-state index is 13.3. The number of carbonyl (C=O) groups excluding carboxylic acids is 1. The van der Waals surface area contributed by atoms with Crippen LogP contribution in [0.25, 0.3) is 0 Å². The van der Waals surface area contributed by atoms with Crippen molar-refractivity contribution in [3.8, 4) is 0 Å². The standard InChI is InChI=1S/C14H8Cl2F2O/c15-10-5-4-8(6-12(10)18)13(19)7-9-2-1-3-11(17)14(9)16/h1-6H,7H2. The Hall–Kier alpha value is -1.45. The van der Waals surface area contributed by atoms with Crippen LogP contribution in [0.3, 0.4) is 0 Å². The first-order valence-electron chi connectivity index (χ1n) is 5.40. The molecule has 0 amide bonds. The van der Waals surface area contributed by atoms with E-state index in [9.17, 15) is 13.6 Å². The van der Waals surface area contributed by atoms with Gasteiger partial charge in [-0.3, -0.25) is 4.79 Å². The summed E-state index contributed by atoms with van der Waals surface area (Å²) >= 11 is 11.3. The average molecular weight is 301 g/mol. The molecule has 0 saturated carbocycles. The van der Waals surface area contributed by atoms with Gasteiger partial charge in [-0.25, -0.2) is 8.78 Å². The average Bonchev–Trinajstić information content (AvgIpc) is 2.38. The van der Waals surface area contributed by atoms with Gasteiger partial charge in [-0.15, -0.1) is 0 Å². The lowest BCUT2D eigenvalue weighted by atomic mass is 10.0. The number of hydrogen-bond acceptors (Lipinski definition) is 1. The highest BCUT2D eigenvalue weighted by molar-refractivity contribution is 6.32. The minimum absolute atomic E-state index is 0.0552. The van der Waals surface area contributed by atoms with Crippen LogP contribution in [0.4, 0.5) is 8.78 Å². The molecule has 98 valence electrons. The van der Waals surface area contributed by atoms with E-state index in [0.29, 0.717) is 5.56 Å². The van der Waals surface area contributed by atoms with Crippen LogP contribution >= 0.6 is 23.2 Å². The second kappa shape index (κ2) is 5.68. The molecule has 0 aliphatic heterocycles. The molecule has 19 heavy (non-hydrogen) atoms. The lowest BCUT2D eigenvalue weighted by Crippen LogP contribution is -2.05. The fraction of sp³-hybridized carbons (Fsp3) is 0.0714. The number of halogens is 4. The minimum atomic E-state index is -0.669. The van der Waals surface area contributed by atoms with E-state index in [4.69, 9.17) is 23.2 Å². The summed E-state index contributed by atoms with van der Waals surface area (Å²) in [6.07, 6.45) is -0.0995. The second-order valence-corrected chi connectivity index (χ2v) is 4.73. The van der Waals surface area contributed by atoms with E-state index >= 15 is 0 Å². The Morgan fingerprint density at radius 3 is 2.47 bits per heavy atom. The number of carbonyl (C=O) groups is 1. The number of Topliss-reactive ketones (excluding diaryl/α,β-unsaturated/α-hetero) is 1. The molecule has 5 heteroatoms. The third kappa shape index (κ3) is 3.11.